The standard InChI is InChI=1S/C18H28N4O4S.ClH/c1-21(2)27(24,25)15-5-6-17(22-8-10-26-11-9-22)16(12-15)18(23)20-13-14-4-3-7-19-14;/h5-6,12,14,19H,3-4,7-11,13H2,1-2H3,(H,20,23);1H. The number of carbonyl (C=O) groups is 1. The van der Waals surface area contributed by atoms with Crippen LogP contribution in [0.2, 0.25) is 0 Å². The Hall–Kier alpha value is -1.39. The van der Waals surface area contributed by atoms with Gasteiger partial charge in [0.15, 0.2) is 0 Å². The van der Waals surface area contributed by atoms with Gasteiger partial charge in [-0.2, -0.15) is 0 Å². The van der Waals surface area contributed by atoms with E-state index in [2.05, 4.69) is 15.5 Å². The molecule has 0 aliphatic carbocycles. The minimum Gasteiger partial charge on any atom is -0.378 e. The number of anilines is 1. The van der Waals surface area contributed by atoms with Gasteiger partial charge in [-0.3, -0.25) is 4.79 Å². The molecule has 0 spiro atoms. The number of nitrogens with one attached hydrogen (secondary N) is 2. The van der Waals surface area contributed by atoms with Gasteiger partial charge in [-0.25, -0.2) is 12.7 Å². The zero-order valence-corrected chi connectivity index (χ0v) is 17.9. The van der Waals surface area contributed by atoms with Crippen molar-refractivity contribution in [1.82, 2.24) is 14.9 Å². The summed E-state index contributed by atoms with van der Waals surface area (Å²) >= 11 is 0. The molecule has 3 rings (SSSR count). The molecular weight excluding hydrogens is 404 g/mol. The number of amides is 1. The van der Waals surface area contributed by atoms with Crippen molar-refractivity contribution < 1.29 is 17.9 Å². The van der Waals surface area contributed by atoms with Gasteiger partial charge in [-0.05, 0) is 37.6 Å². The van der Waals surface area contributed by atoms with E-state index in [0.29, 0.717) is 38.4 Å². The van der Waals surface area contributed by atoms with Crippen LogP contribution in [0.25, 0.3) is 0 Å². The lowest BCUT2D eigenvalue weighted by Crippen LogP contribution is -2.40. The van der Waals surface area contributed by atoms with E-state index in [9.17, 15) is 13.2 Å². The molecule has 0 saturated carbocycles. The lowest BCUT2D eigenvalue weighted by molar-refractivity contribution is 0.0948. The first-order valence-electron chi connectivity index (χ1n) is 9.30. The first kappa shape index (κ1) is 22.9. The average Bonchev–Trinajstić information content (AvgIpc) is 3.20. The highest BCUT2D eigenvalue weighted by Gasteiger charge is 2.25. The fourth-order valence-electron chi connectivity index (χ4n) is 3.39. The first-order valence-corrected chi connectivity index (χ1v) is 10.7. The SMILES string of the molecule is CN(C)S(=O)(=O)c1ccc(N2CCOCC2)c(C(=O)NCC2CCCN2)c1.Cl. The number of nitrogens with zero attached hydrogens (tertiary/aromatic N) is 2. The molecule has 0 radical (unpaired) electrons. The van der Waals surface area contributed by atoms with Crippen LogP contribution in [0.4, 0.5) is 5.69 Å². The van der Waals surface area contributed by atoms with E-state index in [-0.39, 0.29) is 29.3 Å². The molecule has 1 atom stereocenters. The molecule has 158 valence electrons. The van der Waals surface area contributed by atoms with Crippen LogP contribution in [0, 0.1) is 0 Å². The summed E-state index contributed by atoms with van der Waals surface area (Å²) in [5.74, 6) is -0.249. The Morgan fingerprint density at radius 2 is 2.04 bits per heavy atom. The summed E-state index contributed by atoms with van der Waals surface area (Å²) in [5, 5.41) is 6.31. The van der Waals surface area contributed by atoms with E-state index in [1.165, 1.54) is 20.2 Å². The molecule has 2 N–H and O–H groups in total. The first-order chi connectivity index (χ1) is 12.9. The number of ether oxygens (including phenoxy) is 1. The predicted octanol–water partition coefficient (Wildman–Crippen LogP) is 0.677. The van der Waals surface area contributed by atoms with Gasteiger partial charge in [0.2, 0.25) is 10.0 Å². The Labute approximate surface area is 173 Å². The van der Waals surface area contributed by atoms with E-state index >= 15 is 0 Å². The lowest BCUT2D eigenvalue weighted by Gasteiger charge is -2.30. The van der Waals surface area contributed by atoms with Gasteiger partial charge in [0.1, 0.15) is 0 Å². The molecule has 2 saturated heterocycles. The summed E-state index contributed by atoms with van der Waals surface area (Å²) < 4.78 is 31.6. The van der Waals surface area contributed by atoms with Gasteiger partial charge in [-0.1, -0.05) is 0 Å². The number of benzene rings is 1. The number of sulfonamides is 1. The molecular formula is C18H29ClN4O4S. The van der Waals surface area contributed by atoms with Gasteiger partial charge < -0.3 is 20.3 Å². The van der Waals surface area contributed by atoms with Crippen molar-refractivity contribution in [1.29, 1.82) is 0 Å². The molecule has 2 fully saturated rings. The summed E-state index contributed by atoms with van der Waals surface area (Å²) in [7, 11) is -0.647. The molecule has 8 nitrogen and oxygen atoms in total. The van der Waals surface area contributed by atoms with Crippen molar-refractivity contribution in [3.05, 3.63) is 23.8 Å². The fraction of sp³-hybridized carbons (Fsp3) is 0.611. The molecule has 1 aromatic rings. The molecule has 2 heterocycles. The largest absolute Gasteiger partial charge is 0.378 e. The Bertz CT molecular complexity index is 776. The highest BCUT2D eigenvalue weighted by molar-refractivity contribution is 7.89. The van der Waals surface area contributed by atoms with Crippen LogP contribution in [-0.2, 0) is 14.8 Å². The lowest BCUT2D eigenvalue weighted by atomic mass is 10.1. The number of carbonyl (C=O) groups excluding carboxylic acids is 1. The second kappa shape index (κ2) is 9.89. The summed E-state index contributed by atoms with van der Waals surface area (Å²) in [6.07, 6.45) is 2.14. The third-order valence-electron chi connectivity index (χ3n) is 5.01. The Morgan fingerprint density at radius 1 is 1.32 bits per heavy atom. The van der Waals surface area contributed by atoms with Crippen LogP contribution in [-0.4, -0.2) is 78.2 Å². The number of hydrogen-bond donors (Lipinski definition) is 2. The number of halogens is 1. The number of morpholine rings is 1. The zero-order valence-electron chi connectivity index (χ0n) is 16.3. The van der Waals surface area contributed by atoms with Crippen LogP contribution in [0.5, 0.6) is 0 Å². The molecule has 2 aliphatic rings. The smallest absolute Gasteiger partial charge is 0.253 e. The minimum absolute atomic E-state index is 0. The maximum absolute atomic E-state index is 12.9. The average molecular weight is 433 g/mol. The maximum atomic E-state index is 12.9. The zero-order chi connectivity index (χ0) is 19.4. The van der Waals surface area contributed by atoms with Crippen LogP contribution in [0.1, 0.15) is 23.2 Å². The van der Waals surface area contributed by atoms with Crippen molar-refractivity contribution in [2.75, 3.05) is 58.4 Å². The number of rotatable bonds is 6. The van der Waals surface area contributed by atoms with Gasteiger partial charge in [0.05, 0.1) is 23.7 Å². The third-order valence-corrected chi connectivity index (χ3v) is 6.83. The number of hydrogen-bond acceptors (Lipinski definition) is 6. The van der Waals surface area contributed by atoms with Crippen molar-refractivity contribution in [2.45, 2.75) is 23.8 Å². The molecule has 10 heteroatoms. The van der Waals surface area contributed by atoms with Crippen LogP contribution in [0.3, 0.4) is 0 Å². The molecule has 2 aliphatic heterocycles. The second-order valence-corrected chi connectivity index (χ2v) is 9.22. The molecule has 1 aromatic carbocycles. The van der Waals surface area contributed by atoms with Gasteiger partial charge in [-0.15, -0.1) is 12.4 Å². The summed E-state index contributed by atoms with van der Waals surface area (Å²) in [4.78, 5) is 15.1. The molecule has 1 unspecified atom stereocenters. The highest BCUT2D eigenvalue weighted by Crippen LogP contribution is 2.26. The van der Waals surface area contributed by atoms with Crippen molar-refractivity contribution in [2.24, 2.45) is 0 Å². The van der Waals surface area contributed by atoms with E-state index < -0.39 is 10.0 Å². The van der Waals surface area contributed by atoms with Crippen molar-refractivity contribution in [3.8, 4) is 0 Å². The molecule has 0 aromatic heterocycles. The van der Waals surface area contributed by atoms with Crippen LogP contribution < -0.4 is 15.5 Å². The van der Waals surface area contributed by atoms with Crippen molar-refractivity contribution >= 4 is 34.0 Å². The second-order valence-electron chi connectivity index (χ2n) is 7.07. The Kier molecular flexibility index (Phi) is 8.08. The fourth-order valence-corrected chi connectivity index (χ4v) is 4.32. The Morgan fingerprint density at radius 3 is 2.64 bits per heavy atom. The Balaban J connectivity index is 0.00000280. The van der Waals surface area contributed by atoms with Crippen LogP contribution in [0.15, 0.2) is 23.1 Å². The van der Waals surface area contributed by atoms with E-state index in [1.807, 2.05) is 0 Å². The van der Waals surface area contributed by atoms with E-state index in [4.69, 9.17) is 4.74 Å². The normalized spacial score (nSPS) is 20.1. The summed E-state index contributed by atoms with van der Waals surface area (Å²) in [6.45, 7) is 4.02. The van der Waals surface area contributed by atoms with Gasteiger partial charge in [0.25, 0.3) is 5.91 Å². The van der Waals surface area contributed by atoms with Gasteiger partial charge in [0, 0.05) is 45.5 Å². The predicted molar refractivity (Wildman–Crippen MR) is 111 cm³/mol. The highest BCUT2D eigenvalue weighted by atomic mass is 35.5. The molecule has 1 amide bonds. The van der Waals surface area contributed by atoms with Crippen molar-refractivity contribution in [3.63, 3.8) is 0 Å². The van der Waals surface area contributed by atoms with Gasteiger partial charge >= 0.3 is 0 Å². The maximum Gasteiger partial charge on any atom is 0.253 e. The van der Waals surface area contributed by atoms with Crippen LogP contribution >= 0.6 is 12.4 Å². The minimum atomic E-state index is -3.61. The quantitative estimate of drug-likeness (QED) is 0.686. The third kappa shape index (κ3) is 5.15. The topological polar surface area (TPSA) is 91.0 Å². The summed E-state index contributed by atoms with van der Waals surface area (Å²) in [6, 6.07) is 5.05. The van der Waals surface area contributed by atoms with E-state index in [0.717, 1.165) is 29.4 Å². The van der Waals surface area contributed by atoms with E-state index in [1.54, 1.807) is 12.1 Å². The summed E-state index contributed by atoms with van der Waals surface area (Å²) in [5.41, 5.74) is 1.13. The molecule has 0 bridgehead atoms. The molecule has 28 heavy (non-hydrogen) atoms. The monoisotopic (exact) mass is 432 g/mol.